The van der Waals surface area contributed by atoms with Gasteiger partial charge in [0, 0.05) is 5.92 Å². The zero-order chi connectivity index (χ0) is 22.6. The molecule has 30 heavy (non-hydrogen) atoms. The summed E-state index contributed by atoms with van der Waals surface area (Å²) in [6, 6.07) is 6.48. The van der Waals surface area contributed by atoms with E-state index in [1.165, 1.54) is 0 Å². The van der Waals surface area contributed by atoms with Crippen LogP contribution in [0.2, 0.25) is 0 Å². The zero-order valence-corrected chi connectivity index (χ0v) is 24.7. The maximum Gasteiger partial charge on any atom is 0.323 e. The first-order valence-corrected chi connectivity index (χ1v) is 13.1. The Labute approximate surface area is 229 Å². The summed E-state index contributed by atoms with van der Waals surface area (Å²) in [7, 11) is 0. The maximum atomic E-state index is 12.1. The zero-order valence-electron chi connectivity index (χ0n) is 16.0. The number of hydrogen-bond acceptors (Lipinski definition) is 6. The summed E-state index contributed by atoms with van der Waals surface area (Å²) in [6.45, 7) is 3.25. The van der Waals surface area contributed by atoms with E-state index in [1.54, 1.807) is 26.0 Å². The molecule has 0 unspecified atom stereocenters. The van der Waals surface area contributed by atoms with Gasteiger partial charge in [-0.25, -0.2) is 0 Å². The number of phenols is 1. The number of aromatic hydroxyl groups is 1. The summed E-state index contributed by atoms with van der Waals surface area (Å²) in [5, 5.41) is 9.92. The number of ketones is 1. The Bertz CT molecular complexity index is 918. The van der Waals surface area contributed by atoms with Gasteiger partial charge in [-0.05, 0) is 127 Å². The van der Waals surface area contributed by atoms with Crippen molar-refractivity contribution in [1.29, 1.82) is 0 Å². The molecule has 2 aromatic carbocycles. The van der Waals surface area contributed by atoms with Crippen LogP contribution < -0.4 is 10.5 Å². The molecule has 0 bridgehead atoms. The molecule has 0 saturated heterocycles. The van der Waals surface area contributed by atoms with E-state index in [1.807, 2.05) is 12.1 Å². The van der Waals surface area contributed by atoms with Crippen LogP contribution in [0.4, 0.5) is 0 Å². The number of Topliss-reactive ketones (excluding diaryl/α,β-unsaturated/α-hetero) is 1. The number of rotatable bonds is 8. The summed E-state index contributed by atoms with van der Waals surface area (Å²) < 4.78 is 14.2. The van der Waals surface area contributed by atoms with Gasteiger partial charge in [0.2, 0.25) is 0 Å². The molecule has 162 valence electrons. The Balaban J connectivity index is 2.10. The number of carbonyl (C=O) groups is 2. The van der Waals surface area contributed by atoms with Crippen LogP contribution in [-0.4, -0.2) is 29.5 Å². The Morgan fingerprint density at radius 2 is 1.53 bits per heavy atom. The highest BCUT2D eigenvalue weighted by atomic mass is 127. The van der Waals surface area contributed by atoms with Crippen molar-refractivity contribution in [2.45, 2.75) is 26.3 Å². The summed E-state index contributed by atoms with van der Waals surface area (Å²) in [6.07, 6.45) is 0.288. The lowest BCUT2D eigenvalue weighted by molar-refractivity contribution is -0.149. The van der Waals surface area contributed by atoms with E-state index in [0.29, 0.717) is 18.6 Å². The Morgan fingerprint density at radius 3 is 2.03 bits per heavy atom. The van der Waals surface area contributed by atoms with E-state index in [4.69, 9.17) is 15.2 Å². The highest BCUT2D eigenvalue weighted by Crippen LogP contribution is 2.36. The molecule has 10 heteroatoms. The van der Waals surface area contributed by atoms with Gasteiger partial charge in [0.15, 0.2) is 11.5 Å². The van der Waals surface area contributed by atoms with Crippen molar-refractivity contribution in [3.63, 3.8) is 0 Å². The fourth-order valence-electron chi connectivity index (χ4n) is 2.30. The molecule has 0 radical (unpaired) electrons. The van der Waals surface area contributed by atoms with E-state index in [0.717, 1.165) is 12.7 Å². The lowest BCUT2D eigenvalue weighted by Gasteiger charge is -2.15. The number of phenolic OH excluding ortho intramolecular Hbond substituents is 1. The molecule has 0 aliphatic carbocycles. The predicted octanol–water partition coefficient (Wildman–Crippen LogP) is 5.24. The average molecular weight is 861 g/mol. The van der Waals surface area contributed by atoms with Gasteiger partial charge in [-0.15, -0.1) is 0 Å². The molecular formula is C20H19I4NO5. The topological polar surface area (TPSA) is 98.9 Å². The largest absolute Gasteiger partial charge is 0.506 e. The summed E-state index contributed by atoms with van der Waals surface area (Å²) in [5.74, 6) is 0.627. The summed E-state index contributed by atoms with van der Waals surface area (Å²) in [4.78, 5) is 23.7. The number of ether oxygens (including phenoxy) is 2. The quantitative estimate of drug-likeness (QED) is 0.279. The molecular weight excluding hydrogens is 842 g/mol. The molecule has 0 aliphatic heterocycles. The van der Waals surface area contributed by atoms with E-state index < -0.39 is 12.0 Å². The first-order chi connectivity index (χ1) is 14.0. The third-order valence-electron chi connectivity index (χ3n) is 4.03. The van der Waals surface area contributed by atoms with E-state index in [-0.39, 0.29) is 30.5 Å². The summed E-state index contributed by atoms with van der Waals surface area (Å²) in [5.41, 5.74) is 6.84. The molecule has 0 aromatic heterocycles. The van der Waals surface area contributed by atoms with E-state index >= 15 is 0 Å². The van der Waals surface area contributed by atoms with Crippen LogP contribution in [0.25, 0.3) is 0 Å². The molecule has 2 aromatic rings. The van der Waals surface area contributed by atoms with Crippen molar-refractivity contribution < 1.29 is 24.2 Å². The predicted molar refractivity (Wildman–Crippen MR) is 148 cm³/mol. The lowest BCUT2D eigenvalue weighted by atomic mass is 10.1. The van der Waals surface area contributed by atoms with Gasteiger partial charge in [0.05, 0.1) is 14.3 Å². The van der Waals surface area contributed by atoms with Gasteiger partial charge in [0.1, 0.15) is 24.1 Å². The molecule has 0 spiro atoms. The van der Waals surface area contributed by atoms with Crippen molar-refractivity contribution in [3.8, 4) is 17.2 Å². The average Bonchev–Trinajstić information content (AvgIpc) is 2.66. The van der Waals surface area contributed by atoms with Crippen molar-refractivity contribution in [3.05, 3.63) is 44.1 Å². The third-order valence-corrected chi connectivity index (χ3v) is 7.27. The van der Waals surface area contributed by atoms with Gasteiger partial charge in [-0.1, -0.05) is 13.8 Å². The Morgan fingerprint density at radius 1 is 1.00 bits per heavy atom. The molecule has 0 fully saturated rings. The normalized spacial score (nSPS) is 12.0. The standard InChI is InChI=1S/C20H19I4NO5/c1-9(2)17(26)8-29-20(28)16(25)5-10-3-14(23)19(15(24)4-10)30-11-6-12(21)18(27)13(22)7-11/h3-4,6-7,9,16,27H,5,8,25H2,1-2H3/t16-/m0/s1. The van der Waals surface area contributed by atoms with Crippen LogP contribution >= 0.6 is 90.4 Å². The second kappa shape index (κ2) is 11.8. The molecule has 2 rings (SSSR count). The second-order valence-electron chi connectivity index (χ2n) is 6.77. The number of nitrogens with two attached hydrogens (primary N) is 1. The van der Waals surface area contributed by atoms with Crippen LogP contribution in [0.3, 0.4) is 0 Å². The SMILES string of the molecule is CC(C)C(=O)COC(=O)[C@@H](N)Cc1cc(I)c(Oc2cc(I)c(O)c(I)c2)c(I)c1. The minimum atomic E-state index is -0.858. The number of hydrogen-bond donors (Lipinski definition) is 2. The molecule has 0 saturated carbocycles. The van der Waals surface area contributed by atoms with Gasteiger partial charge in [-0.2, -0.15) is 0 Å². The van der Waals surface area contributed by atoms with Gasteiger partial charge in [-0.3, -0.25) is 9.59 Å². The Kier molecular flexibility index (Phi) is 10.3. The highest BCUT2D eigenvalue weighted by molar-refractivity contribution is 14.1. The number of carbonyl (C=O) groups excluding carboxylic acids is 2. The first-order valence-electron chi connectivity index (χ1n) is 8.78. The van der Waals surface area contributed by atoms with Crippen LogP contribution in [0.1, 0.15) is 19.4 Å². The van der Waals surface area contributed by atoms with Crippen molar-refractivity contribution in [2.75, 3.05) is 6.61 Å². The van der Waals surface area contributed by atoms with Crippen LogP contribution in [0, 0.1) is 20.2 Å². The van der Waals surface area contributed by atoms with E-state index in [2.05, 4.69) is 90.4 Å². The Hall–Kier alpha value is 0.0600. The van der Waals surface area contributed by atoms with Crippen LogP contribution in [0.15, 0.2) is 24.3 Å². The smallest absolute Gasteiger partial charge is 0.323 e. The molecule has 0 aliphatic rings. The van der Waals surface area contributed by atoms with Crippen molar-refractivity contribution in [2.24, 2.45) is 11.7 Å². The molecule has 6 nitrogen and oxygen atoms in total. The molecule has 3 N–H and O–H groups in total. The van der Waals surface area contributed by atoms with Crippen molar-refractivity contribution >= 4 is 102 Å². The maximum absolute atomic E-state index is 12.1. The van der Waals surface area contributed by atoms with Gasteiger partial charge < -0.3 is 20.3 Å². The number of halogens is 4. The number of benzene rings is 2. The highest BCUT2D eigenvalue weighted by Gasteiger charge is 2.20. The van der Waals surface area contributed by atoms with Gasteiger partial charge in [0.25, 0.3) is 0 Å². The second-order valence-corrected chi connectivity index (χ2v) is 11.4. The molecule has 1 atom stereocenters. The number of esters is 1. The van der Waals surface area contributed by atoms with Crippen LogP contribution in [-0.2, 0) is 20.7 Å². The fourth-order valence-corrected chi connectivity index (χ4v) is 6.13. The van der Waals surface area contributed by atoms with Crippen LogP contribution in [0.5, 0.6) is 17.2 Å². The minimum absolute atomic E-state index is 0.139. The van der Waals surface area contributed by atoms with Gasteiger partial charge >= 0.3 is 5.97 Å². The van der Waals surface area contributed by atoms with Crippen molar-refractivity contribution in [1.82, 2.24) is 0 Å². The fraction of sp³-hybridized carbons (Fsp3) is 0.300. The van der Waals surface area contributed by atoms with E-state index in [9.17, 15) is 14.7 Å². The third kappa shape index (κ3) is 7.30. The summed E-state index contributed by atoms with van der Waals surface area (Å²) >= 11 is 8.46. The molecule has 0 amide bonds. The minimum Gasteiger partial charge on any atom is -0.506 e. The first kappa shape index (κ1) is 26.3. The molecule has 0 heterocycles. The monoisotopic (exact) mass is 861 g/mol. The lowest BCUT2D eigenvalue weighted by Crippen LogP contribution is -2.35.